The summed E-state index contributed by atoms with van der Waals surface area (Å²) in [5.41, 5.74) is 5.78. The third kappa shape index (κ3) is 2.46. The SMILES string of the molecule is c1ccc(-n2c3ccc(-c4cccc5ccccc45)cc3c3cccnc32)cc1. The van der Waals surface area contributed by atoms with E-state index in [1.165, 1.54) is 38.2 Å². The molecule has 0 fully saturated rings. The van der Waals surface area contributed by atoms with Crippen molar-refractivity contribution in [1.29, 1.82) is 0 Å². The summed E-state index contributed by atoms with van der Waals surface area (Å²) < 4.78 is 2.25. The van der Waals surface area contributed by atoms with Crippen molar-refractivity contribution in [2.24, 2.45) is 0 Å². The second-order valence-corrected chi connectivity index (χ2v) is 7.30. The second-order valence-electron chi connectivity index (χ2n) is 7.30. The molecule has 136 valence electrons. The van der Waals surface area contributed by atoms with Gasteiger partial charge in [-0.15, -0.1) is 0 Å². The first-order chi connectivity index (χ1) is 14.4. The Labute approximate surface area is 168 Å². The third-order valence-electron chi connectivity index (χ3n) is 5.64. The summed E-state index contributed by atoms with van der Waals surface area (Å²) in [5, 5.41) is 4.94. The fourth-order valence-electron chi connectivity index (χ4n) is 4.33. The third-order valence-corrected chi connectivity index (χ3v) is 5.64. The van der Waals surface area contributed by atoms with Crippen LogP contribution in [0.1, 0.15) is 0 Å². The zero-order valence-electron chi connectivity index (χ0n) is 15.8. The lowest BCUT2D eigenvalue weighted by molar-refractivity contribution is 1.14. The van der Waals surface area contributed by atoms with Crippen LogP contribution in [0.5, 0.6) is 0 Å². The van der Waals surface area contributed by atoms with E-state index >= 15 is 0 Å². The molecule has 0 amide bonds. The number of fused-ring (bicyclic) bond motifs is 4. The Morgan fingerprint density at radius 1 is 0.586 bits per heavy atom. The monoisotopic (exact) mass is 370 g/mol. The number of benzene rings is 4. The molecule has 0 aliphatic heterocycles. The van der Waals surface area contributed by atoms with E-state index in [-0.39, 0.29) is 0 Å². The summed E-state index contributed by atoms with van der Waals surface area (Å²) in [6.07, 6.45) is 1.87. The summed E-state index contributed by atoms with van der Waals surface area (Å²) >= 11 is 0. The van der Waals surface area contributed by atoms with Crippen LogP contribution in [0.3, 0.4) is 0 Å². The first-order valence-electron chi connectivity index (χ1n) is 9.83. The van der Waals surface area contributed by atoms with E-state index in [4.69, 9.17) is 4.98 Å². The van der Waals surface area contributed by atoms with Gasteiger partial charge in [0.2, 0.25) is 0 Å². The molecular formula is C27H18N2. The summed E-state index contributed by atoms with van der Waals surface area (Å²) in [4.78, 5) is 4.71. The predicted molar refractivity (Wildman–Crippen MR) is 122 cm³/mol. The van der Waals surface area contributed by atoms with Gasteiger partial charge in [0.25, 0.3) is 0 Å². The van der Waals surface area contributed by atoms with Crippen LogP contribution in [0.25, 0.3) is 49.5 Å². The number of para-hydroxylation sites is 1. The van der Waals surface area contributed by atoms with Crippen LogP contribution in [0.4, 0.5) is 0 Å². The number of hydrogen-bond acceptors (Lipinski definition) is 1. The molecule has 0 atom stereocenters. The molecule has 4 aromatic carbocycles. The summed E-state index contributed by atoms with van der Waals surface area (Å²) in [6, 6.07) is 36.5. The summed E-state index contributed by atoms with van der Waals surface area (Å²) in [6.45, 7) is 0. The molecule has 0 saturated heterocycles. The zero-order chi connectivity index (χ0) is 19.2. The van der Waals surface area contributed by atoms with E-state index in [1.807, 2.05) is 18.3 Å². The highest BCUT2D eigenvalue weighted by atomic mass is 15.0. The van der Waals surface area contributed by atoms with Gasteiger partial charge < -0.3 is 0 Å². The van der Waals surface area contributed by atoms with E-state index in [0.29, 0.717) is 0 Å². The van der Waals surface area contributed by atoms with Gasteiger partial charge in [0.05, 0.1) is 5.52 Å². The Kier molecular flexibility index (Phi) is 3.50. The minimum atomic E-state index is 0.990. The van der Waals surface area contributed by atoms with Crippen LogP contribution < -0.4 is 0 Å². The van der Waals surface area contributed by atoms with Crippen LogP contribution in [0.2, 0.25) is 0 Å². The Balaban J connectivity index is 1.68. The molecule has 6 rings (SSSR count). The quantitative estimate of drug-likeness (QED) is 0.321. The Hall–Kier alpha value is -3.91. The summed E-state index contributed by atoms with van der Waals surface area (Å²) in [7, 11) is 0. The van der Waals surface area contributed by atoms with E-state index < -0.39 is 0 Å². The first kappa shape index (κ1) is 16.1. The Morgan fingerprint density at radius 3 is 2.31 bits per heavy atom. The molecule has 2 nitrogen and oxygen atoms in total. The van der Waals surface area contributed by atoms with Gasteiger partial charge in [0.1, 0.15) is 5.65 Å². The zero-order valence-corrected chi connectivity index (χ0v) is 15.8. The summed E-state index contributed by atoms with van der Waals surface area (Å²) in [5.74, 6) is 0. The molecule has 2 aromatic heterocycles. The van der Waals surface area contributed by atoms with Crippen LogP contribution in [0, 0.1) is 0 Å². The van der Waals surface area contributed by atoms with E-state index in [9.17, 15) is 0 Å². The topological polar surface area (TPSA) is 17.8 Å². The van der Waals surface area contributed by atoms with Gasteiger partial charge >= 0.3 is 0 Å². The van der Waals surface area contributed by atoms with Crippen LogP contribution >= 0.6 is 0 Å². The largest absolute Gasteiger partial charge is 0.294 e. The number of aromatic nitrogens is 2. The normalized spacial score (nSPS) is 11.4. The van der Waals surface area contributed by atoms with Crippen LogP contribution in [0.15, 0.2) is 109 Å². The molecule has 0 radical (unpaired) electrons. The Morgan fingerprint density at radius 2 is 1.38 bits per heavy atom. The highest BCUT2D eigenvalue weighted by Crippen LogP contribution is 2.35. The lowest BCUT2D eigenvalue weighted by Crippen LogP contribution is -1.94. The van der Waals surface area contributed by atoms with Crippen molar-refractivity contribution in [3.63, 3.8) is 0 Å². The van der Waals surface area contributed by atoms with Gasteiger partial charge in [0.15, 0.2) is 0 Å². The van der Waals surface area contributed by atoms with Crippen LogP contribution in [-0.2, 0) is 0 Å². The van der Waals surface area contributed by atoms with Gasteiger partial charge in [-0.2, -0.15) is 0 Å². The van der Waals surface area contributed by atoms with E-state index in [0.717, 1.165) is 11.3 Å². The van der Waals surface area contributed by atoms with Crippen molar-refractivity contribution < 1.29 is 0 Å². The van der Waals surface area contributed by atoms with Crippen molar-refractivity contribution in [3.05, 3.63) is 109 Å². The van der Waals surface area contributed by atoms with Crippen molar-refractivity contribution in [1.82, 2.24) is 9.55 Å². The molecular weight excluding hydrogens is 352 g/mol. The Bertz CT molecular complexity index is 1490. The maximum absolute atomic E-state index is 4.71. The molecule has 0 unspecified atom stereocenters. The van der Waals surface area contributed by atoms with Gasteiger partial charge in [-0.05, 0) is 58.3 Å². The minimum Gasteiger partial charge on any atom is -0.294 e. The van der Waals surface area contributed by atoms with Crippen molar-refractivity contribution in [3.8, 4) is 16.8 Å². The number of rotatable bonds is 2. The molecule has 0 saturated carbocycles. The fraction of sp³-hybridized carbons (Fsp3) is 0. The minimum absolute atomic E-state index is 0.990. The van der Waals surface area contributed by atoms with Gasteiger partial charge in [-0.1, -0.05) is 66.7 Å². The maximum atomic E-state index is 4.71. The molecule has 6 aromatic rings. The average molecular weight is 370 g/mol. The molecule has 2 heterocycles. The van der Waals surface area contributed by atoms with Crippen molar-refractivity contribution in [2.75, 3.05) is 0 Å². The van der Waals surface area contributed by atoms with Crippen molar-refractivity contribution in [2.45, 2.75) is 0 Å². The number of hydrogen-bond donors (Lipinski definition) is 0. The lowest BCUT2D eigenvalue weighted by Gasteiger charge is -2.09. The molecule has 2 heteroatoms. The second kappa shape index (κ2) is 6.32. The van der Waals surface area contributed by atoms with Crippen LogP contribution in [-0.4, -0.2) is 9.55 Å². The predicted octanol–water partition coefficient (Wildman–Crippen LogP) is 7.00. The molecule has 29 heavy (non-hydrogen) atoms. The highest BCUT2D eigenvalue weighted by molar-refractivity contribution is 6.10. The van der Waals surface area contributed by atoms with Crippen molar-refractivity contribution >= 4 is 32.7 Å². The first-order valence-corrected chi connectivity index (χ1v) is 9.83. The smallest absolute Gasteiger partial charge is 0.145 e. The maximum Gasteiger partial charge on any atom is 0.145 e. The van der Waals surface area contributed by atoms with E-state index in [2.05, 4.69) is 95.6 Å². The highest BCUT2D eigenvalue weighted by Gasteiger charge is 2.14. The standard InChI is InChI=1S/C27H18N2/c1-2-10-21(11-3-1)29-26-16-15-20(18-25(26)24-14-7-17-28-27(24)29)23-13-6-9-19-8-4-5-12-22(19)23/h1-18H. The number of nitrogens with zero attached hydrogens (tertiary/aromatic N) is 2. The molecule has 0 bridgehead atoms. The molecule has 0 N–H and O–H groups in total. The van der Waals surface area contributed by atoms with Gasteiger partial charge in [0, 0.05) is 22.7 Å². The molecule has 0 aliphatic rings. The van der Waals surface area contributed by atoms with Gasteiger partial charge in [-0.25, -0.2) is 4.98 Å². The fourth-order valence-corrected chi connectivity index (χ4v) is 4.33. The average Bonchev–Trinajstić information content (AvgIpc) is 3.13. The number of pyridine rings is 1. The van der Waals surface area contributed by atoms with E-state index in [1.54, 1.807) is 0 Å². The van der Waals surface area contributed by atoms with Gasteiger partial charge in [-0.3, -0.25) is 4.57 Å². The molecule has 0 spiro atoms. The molecule has 0 aliphatic carbocycles. The lowest BCUT2D eigenvalue weighted by atomic mass is 9.97.